The fourth-order valence-electron chi connectivity index (χ4n) is 7.80. The summed E-state index contributed by atoms with van der Waals surface area (Å²) in [5, 5.41) is 0. The first-order valence-corrected chi connectivity index (χ1v) is 22.3. The largest absolute Gasteiger partial charge is 0.344 e. The average Bonchev–Trinajstić information content (AvgIpc) is 3.52. The van der Waals surface area contributed by atoms with Gasteiger partial charge in [0.2, 0.25) is 0 Å². The third-order valence-corrected chi connectivity index (χ3v) is 11.0. The van der Waals surface area contributed by atoms with Crippen molar-refractivity contribution in [1.82, 2.24) is 9.88 Å². The highest BCUT2D eigenvalue weighted by Crippen LogP contribution is 2.41. The van der Waals surface area contributed by atoms with Crippen LogP contribution in [-0.4, -0.2) is 41.0 Å². The molecule has 2 fully saturated rings. The zero-order valence-electron chi connectivity index (χ0n) is 34.0. The SMILES string of the molecule is CCCCC/C=C\C/C=C\CCCCCCCCC1(CCCCCCCC/C=C\C/C=C\CCCCC)O[C@H]2CN(Cc3ccncc3)CC[C@H]2O1. The molecule has 3 rings (SSSR count). The van der Waals surface area contributed by atoms with E-state index in [1.807, 2.05) is 12.4 Å². The molecule has 1 aromatic rings. The fraction of sp³-hybridized carbons (Fsp3) is 0.729. The first-order chi connectivity index (χ1) is 25.7. The normalized spacial score (nSPS) is 19.3. The average molecular weight is 717 g/mol. The Hall–Kier alpha value is -2.01. The Balaban J connectivity index is 1.31. The highest BCUT2D eigenvalue weighted by Gasteiger charge is 2.48. The van der Waals surface area contributed by atoms with Crippen LogP contribution in [0.3, 0.4) is 0 Å². The summed E-state index contributed by atoms with van der Waals surface area (Å²) in [6.45, 7) is 7.57. The van der Waals surface area contributed by atoms with E-state index in [0.717, 1.165) is 51.7 Å². The lowest BCUT2D eigenvalue weighted by Crippen LogP contribution is -2.44. The van der Waals surface area contributed by atoms with Gasteiger partial charge in [0, 0.05) is 44.9 Å². The molecule has 4 heteroatoms. The number of ether oxygens (including phenoxy) is 2. The van der Waals surface area contributed by atoms with Crippen LogP contribution < -0.4 is 0 Å². The Morgan fingerprint density at radius 3 is 1.52 bits per heavy atom. The highest BCUT2D eigenvalue weighted by atomic mass is 16.8. The van der Waals surface area contributed by atoms with E-state index in [4.69, 9.17) is 9.47 Å². The van der Waals surface area contributed by atoms with Crippen molar-refractivity contribution >= 4 is 0 Å². The molecule has 0 N–H and O–H groups in total. The first kappa shape index (κ1) is 44.4. The van der Waals surface area contributed by atoms with E-state index in [-0.39, 0.29) is 18.0 Å². The van der Waals surface area contributed by atoms with E-state index >= 15 is 0 Å². The number of pyridine rings is 1. The van der Waals surface area contributed by atoms with Crippen LogP contribution in [0.5, 0.6) is 0 Å². The summed E-state index contributed by atoms with van der Waals surface area (Å²) in [4.78, 5) is 6.75. The number of unbranched alkanes of at least 4 members (excludes halogenated alkanes) is 18. The van der Waals surface area contributed by atoms with Gasteiger partial charge in [-0.3, -0.25) is 9.88 Å². The third kappa shape index (κ3) is 21.0. The lowest BCUT2D eigenvalue weighted by atomic mass is 9.98. The zero-order valence-corrected chi connectivity index (χ0v) is 34.0. The van der Waals surface area contributed by atoms with Crippen molar-refractivity contribution in [2.24, 2.45) is 0 Å². The van der Waals surface area contributed by atoms with Gasteiger partial charge in [0.15, 0.2) is 5.79 Å². The quantitative estimate of drug-likeness (QED) is 0.0549. The Labute approximate surface area is 322 Å². The number of hydrogen-bond donors (Lipinski definition) is 0. The summed E-state index contributed by atoms with van der Waals surface area (Å²) in [5.41, 5.74) is 1.33. The molecule has 294 valence electrons. The molecule has 0 amide bonds. The number of nitrogens with zero attached hydrogens (tertiary/aromatic N) is 2. The number of rotatable bonds is 32. The van der Waals surface area contributed by atoms with Gasteiger partial charge in [-0.25, -0.2) is 0 Å². The lowest BCUT2D eigenvalue weighted by Gasteiger charge is -2.32. The van der Waals surface area contributed by atoms with Crippen LogP contribution in [0.2, 0.25) is 0 Å². The van der Waals surface area contributed by atoms with Gasteiger partial charge in [-0.2, -0.15) is 0 Å². The maximum atomic E-state index is 6.97. The second kappa shape index (κ2) is 30.3. The zero-order chi connectivity index (χ0) is 36.6. The van der Waals surface area contributed by atoms with Crippen LogP contribution in [0.1, 0.15) is 193 Å². The van der Waals surface area contributed by atoms with E-state index < -0.39 is 0 Å². The van der Waals surface area contributed by atoms with Gasteiger partial charge in [-0.15, -0.1) is 0 Å². The van der Waals surface area contributed by atoms with Crippen molar-refractivity contribution < 1.29 is 9.47 Å². The Bertz CT molecular complexity index is 1030. The van der Waals surface area contributed by atoms with Crippen LogP contribution in [0.4, 0.5) is 0 Å². The second-order valence-corrected chi connectivity index (χ2v) is 15.8. The van der Waals surface area contributed by atoms with Gasteiger partial charge >= 0.3 is 0 Å². The maximum Gasteiger partial charge on any atom is 0.169 e. The Kier molecular flexibility index (Phi) is 25.9. The van der Waals surface area contributed by atoms with Crippen molar-refractivity contribution in [3.05, 3.63) is 78.7 Å². The molecule has 0 spiro atoms. The van der Waals surface area contributed by atoms with Crippen molar-refractivity contribution in [3.63, 3.8) is 0 Å². The van der Waals surface area contributed by atoms with E-state index in [1.54, 1.807) is 0 Å². The van der Waals surface area contributed by atoms with E-state index in [0.29, 0.717) is 0 Å². The summed E-state index contributed by atoms with van der Waals surface area (Å²) >= 11 is 0. The second-order valence-electron chi connectivity index (χ2n) is 15.8. The number of fused-ring (bicyclic) bond motifs is 1. The van der Waals surface area contributed by atoms with Crippen molar-refractivity contribution in [2.45, 2.75) is 212 Å². The molecule has 2 aliphatic rings. The topological polar surface area (TPSA) is 34.6 Å². The summed E-state index contributed by atoms with van der Waals surface area (Å²) in [5.74, 6) is -0.369. The molecule has 0 radical (unpaired) electrons. The molecule has 0 bridgehead atoms. The van der Waals surface area contributed by atoms with Crippen molar-refractivity contribution in [1.29, 1.82) is 0 Å². The molecule has 52 heavy (non-hydrogen) atoms. The third-order valence-electron chi connectivity index (χ3n) is 11.0. The van der Waals surface area contributed by atoms with Gasteiger partial charge in [0.25, 0.3) is 0 Å². The molecule has 4 nitrogen and oxygen atoms in total. The molecule has 1 aromatic heterocycles. The molecule has 0 aliphatic carbocycles. The standard InChI is InChI=1S/C48H80N2O2/c1-3-5-7-9-11-13-15-17-19-21-23-25-27-29-31-33-38-48(39-34-32-30-28-26-24-22-20-18-16-14-12-10-8-6-4-2)51-46-37-42-50(44-47(46)52-48)43-45-35-40-49-41-36-45/h11-14,17-20,35-36,40-41,46-47H,3-10,15-16,21-34,37-39,42-44H2,1-2H3/b13-11-,14-12-,19-17-,20-18-/t46-,47+/m1/s1. The smallest absolute Gasteiger partial charge is 0.169 e. The molecule has 0 saturated carbocycles. The van der Waals surface area contributed by atoms with E-state index in [9.17, 15) is 0 Å². The molecule has 0 aromatic carbocycles. The maximum absolute atomic E-state index is 6.97. The lowest BCUT2D eigenvalue weighted by molar-refractivity contribution is -0.185. The minimum absolute atomic E-state index is 0.199. The molecule has 2 aliphatic heterocycles. The van der Waals surface area contributed by atoms with Gasteiger partial charge in [-0.05, 0) is 101 Å². The first-order valence-electron chi connectivity index (χ1n) is 22.3. The number of hydrogen-bond acceptors (Lipinski definition) is 4. The monoisotopic (exact) mass is 717 g/mol. The minimum Gasteiger partial charge on any atom is -0.344 e. The minimum atomic E-state index is -0.369. The van der Waals surface area contributed by atoms with Crippen LogP contribution in [-0.2, 0) is 16.0 Å². The van der Waals surface area contributed by atoms with E-state index in [1.165, 1.54) is 147 Å². The van der Waals surface area contributed by atoms with Crippen LogP contribution >= 0.6 is 0 Å². The Morgan fingerprint density at radius 1 is 0.577 bits per heavy atom. The summed E-state index contributed by atoms with van der Waals surface area (Å²) in [6.07, 6.45) is 57.1. The van der Waals surface area contributed by atoms with Crippen LogP contribution in [0.15, 0.2) is 73.1 Å². The number of piperidine rings is 1. The summed E-state index contributed by atoms with van der Waals surface area (Å²) in [7, 11) is 0. The van der Waals surface area contributed by atoms with Crippen molar-refractivity contribution in [3.8, 4) is 0 Å². The fourth-order valence-corrected chi connectivity index (χ4v) is 7.80. The summed E-state index contributed by atoms with van der Waals surface area (Å²) in [6, 6.07) is 4.28. The van der Waals surface area contributed by atoms with Gasteiger partial charge in [-0.1, -0.05) is 140 Å². The number of aromatic nitrogens is 1. The van der Waals surface area contributed by atoms with Crippen LogP contribution in [0.25, 0.3) is 0 Å². The molecule has 0 unspecified atom stereocenters. The predicted octanol–water partition coefficient (Wildman–Crippen LogP) is 14.2. The van der Waals surface area contributed by atoms with Gasteiger partial charge in [0.1, 0.15) is 0 Å². The predicted molar refractivity (Wildman–Crippen MR) is 225 cm³/mol. The number of likely N-dealkylation sites (tertiary alicyclic amines) is 1. The van der Waals surface area contributed by atoms with Crippen molar-refractivity contribution in [2.75, 3.05) is 13.1 Å². The van der Waals surface area contributed by atoms with Crippen LogP contribution in [0, 0.1) is 0 Å². The molecule has 2 atom stereocenters. The molecular formula is C48H80N2O2. The molecular weight excluding hydrogens is 637 g/mol. The Morgan fingerprint density at radius 2 is 1.02 bits per heavy atom. The van der Waals surface area contributed by atoms with Gasteiger partial charge < -0.3 is 9.47 Å². The summed E-state index contributed by atoms with van der Waals surface area (Å²) < 4.78 is 13.9. The number of allylic oxidation sites excluding steroid dienone is 8. The molecule has 2 saturated heterocycles. The van der Waals surface area contributed by atoms with Gasteiger partial charge in [0.05, 0.1) is 12.2 Å². The van der Waals surface area contributed by atoms with E-state index in [2.05, 4.69) is 84.5 Å². The highest BCUT2D eigenvalue weighted by molar-refractivity contribution is 5.10. The molecule has 3 heterocycles.